The van der Waals surface area contributed by atoms with Gasteiger partial charge in [0.05, 0.1) is 11.4 Å². The van der Waals surface area contributed by atoms with Crippen molar-refractivity contribution in [2.24, 2.45) is 5.92 Å². The molecule has 0 spiro atoms. The smallest absolute Gasteiger partial charge is 0.304 e. The molecule has 0 amide bonds. The number of anilines is 2. The number of likely N-dealkylation sites (N-methyl/N-ethyl adjacent to an activating group) is 1. The van der Waals surface area contributed by atoms with Crippen molar-refractivity contribution in [3.8, 4) is 11.1 Å². The lowest BCUT2D eigenvalue weighted by atomic mass is 10.0. The number of nitrogens with zero attached hydrogens (tertiary/aromatic N) is 4. The highest BCUT2D eigenvalue weighted by molar-refractivity contribution is 7.94. The Balaban J connectivity index is 1.43. The molecule has 6 nitrogen and oxygen atoms in total. The van der Waals surface area contributed by atoms with Crippen molar-refractivity contribution in [2.45, 2.75) is 18.9 Å². The van der Waals surface area contributed by atoms with E-state index in [9.17, 15) is 21.6 Å². The Morgan fingerprint density at radius 2 is 1.70 bits per heavy atom. The van der Waals surface area contributed by atoms with Gasteiger partial charge in [-0.3, -0.25) is 13.5 Å². The molecule has 2 aliphatic heterocycles. The Kier molecular flexibility index (Phi) is 5.37. The molecule has 1 aliphatic carbocycles. The molecule has 2 aromatic carbocycles. The monoisotopic (exact) mass is 480 g/mol. The Labute approximate surface area is 192 Å². The quantitative estimate of drug-likeness (QED) is 0.658. The van der Waals surface area contributed by atoms with Gasteiger partial charge >= 0.3 is 10.2 Å². The molecule has 178 valence electrons. The molecular weight excluding hydrogens is 453 g/mol. The number of hydrogen-bond donors (Lipinski definition) is 0. The molecule has 0 bridgehead atoms. The van der Waals surface area contributed by atoms with Crippen molar-refractivity contribution in [3.63, 3.8) is 0 Å². The molecule has 1 atom stereocenters. The highest BCUT2D eigenvalue weighted by Gasteiger charge is 2.59. The maximum absolute atomic E-state index is 14.8. The Bertz CT molecular complexity index is 1180. The van der Waals surface area contributed by atoms with Crippen LogP contribution in [0.1, 0.15) is 12.0 Å². The van der Waals surface area contributed by atoms with Crippen LogP contribution in [0.15, 0.2) is 36.4 Å². The second-order valence-electron chi connectivity index (χ2n) is 9.27. The van der Waals surface area contributed by atoms with Gasteiger partial charge in [-0.1, -0.05) is 12.1 Å². The average molecular weight is 481 g/mol. The van der Waals surface area contributed by atoms with Gasteiger partial charge in [-0.15, -0.1) is 0 Å². The first kappa shape index (κ1) is 22.5. The summed E-state index contributed by atoms with van der Waals surface area (Å²) in [6.07, 6.45) is -0.304. The van der Waals surface area contributed by atoms with E-state index < -0.39 is 27.9 Å². The lowest BCUT2D eigenvalue weighted by Crippen LogP contribution is -2.43. The first-order chi connectivity index (χ1) is 15.6. The minimum Gasteiger partial charge on any atom is -0.304 e. The summed E-state index contributed by atoms with van der Waals surface area (Å²) in [5, 5.41) is 0. The van der Waals surface area contributed by atoms with Crippen LogP contribution in [0.25, 0.3) is 11.1 Å². The molecule has 1 saturated carbocycles. The minimum absolute atomic E-state index is 0.263. The van der Waals surface area contributed by atoms with Gasteiger partial charge < -0.3 is 4.90 Å². The molecule has 1 saturated heterocycles. The van der Waals surface area contributed by atoms with Crippen molar-refractivity contribution >= 4 is 21.6 Å². The predicted molar refractivity (Wildman–Crippen MR) is 122 cm³/mol. The zero-order valence-electron chi connectivity index (χ0n) is 18.6. The zero-order chi connectivity index (χ0) is 23.5. The normalized spacial score (nSPS) is 24.2. The summed E-state index contributed by atoms with van der Waals surface area (Å²) in [5.41, 5.74) is 2.63. The van der Waals surface area contributed by atoms with Gasteiger partial charge in [0.2, 0.25) is 0 Å². The first-order valence-corrected chi connectivity index (χ1v) is 12.4. The van der Waals surface area contributed by atoms with Crippen LogP contribution in [0, 0.1) is 11.7 Å². The summed E-state index contributed by atoms with van der Waals surface area (Å²) in [7, 11) is -0.457. The largest absolute Gasteiger partial charge is 0.326 e. The third kappa shape index (κ3) is 4.08. The number of hydrogen-bond acceptors (Lipinski definition) is 4. The lowest BCUT2D eigenvalue weighted by molar-refractivity contribution is 0.101. The standard InChI is InChI=1S/C23H27F3N4O2S/c1-27-7-9-29(10-8-27)14-16-3-5-20(24)19(11-16)17-4-6-21-22(12-17)28(2)33(31,32)30(21)15-18-13-23(18,25)26/h3-6,11-12,18H,7-10,13-15H2,1-2H3. The van der Waals surface area contributed by atoms with Crippen LogP contribution in [0.5, 0.6) is 0 Å². The third-order valence-electron chi connectivity index (χ3n) is 6.89. The van der Waals surface area contributed by atoms with E-state index in [-0.39, 0.29) is 13.0 Å². The molecule has 0 N–H and O–H groups in total. The summed E-state index contributed by atoms with van der Waals surface area (Å²) in [6.45, 7) is 4.32. The molecule has 2 fully saturated rings. The molecule has 10 heteroatoms. The van der Waals surface area contributed by atoms with Crippen LogP contribution in [-0.2, 0) is 16.8 Å². The van der Waals surface area contributed by atoms with E-state index in [2.05, 4.69) is 16.8 Å². The second-order valence-corrected chi connectivity index (χ2v) is 11.1. The lowest BCUT2D eigenvalue weighted by Gasteiger charge is -2.32. The van der Waals surface area contributed by atoms with Crippen molar-refractivity contribution < 1.29 is 21.6 Å². The maximum Gasteiger partial charge on any atom is 0.326 e. The molecule has 0 aromatic heterocycles. The number of piperazine rings is 1. The summed E-state index contributed by atoms with van der Waals surface area (Å²) in [4.78, 5) is 4.60. The molecule has 1 unspecified atom stereocenters. The van der Waals surface area contributed by atoms with E-state index in [1.807, 2.05) is 0 Å². The van der Waals surface area contributed by atoms with Crippen LogP contribution in [0.3, 0.4) is 0 Å². The number of benzene rings is 2. The van der Waals surface area contributed by atoms with Gasteiger partial charge in [-0.25, -0.2) is 13.2 Å². The summed E-state index contributed by atoms with van der Waals surface area (Å²) in [6, 6.07) is 9.88. The molecule has 2 aromatic rings. The molecule has 0 radical (unpaired) electrons. The summed E-state index contributed by atoms with van der Waals surface area (Å²) in [5.74, 6) is -4.19. The average Bonchev–Trinajstić information content (AvgIpc) is 3.34. The van der Waals surface area contributed by atoms with Crippen molar-refractivity contribution in [3.05, 3.63) is 47.8 Å². The van der Waals surface area contributed by atoms with Crippen LogP contribution in [0.2, 0.25) is 0 Å². The summed E-state index contributed by atoms with van der Waals surface area (Å²) < 4.78 is 69.5. The van der Waals surface area contributed by atoms with E-state index in [4.69, 9.17) is 0 Å². The van der Waals surface area contributed by atoms with Crippen molar-refractivity contribution in [1.82, 2.24) is 9.80 Å². The van der Waals surface area contributed by atoms with E-state index in [0.717, 1.165) is 40.4 Å². The number of rotatable bonds is 5. The highest BCUT2D eigenvalue weighted by Crippen LogP contribution is 2.51. The summed E-state index contributed by atoms with van der Waals surface area (Å²) >= 11 is 0. The topological polar surface area (TPSA) is 47.1 Å². The van der Waals surface area contributed by atoms with E-state index in [1.165, 1.54) is 13.1 Å². The van der Waals surface area contributed by atoms with Crippen LogP contribution in [0.4, 0.5) is 24.5 Å². The van der Waals surface area contributed by atoms with Gasteiger partial charge in [0.25, 0.3) is 5.92 Å². The van der Waals surface area contributed by atoms with E-state index in [1.54, 1.807) is 30.3 Å². The van der Waals surface area contributed by atoms with Gasteiger partial charge in [0.1, 0.15) is 5.82 Å². The fourth-order valence-electron chi connectivity index (χ4n) is 4.57. The minimum atomic E-state index is -3.94. The number of fused-ring (bicyclic) bond motifs is 1. The predicted octanol–water partition coefficient (Wildman–Crippen LogP) is 3.40. The Morgan fingerprint density at radius 1 is 1.00 bits per heavy atom. The molecule has 3 aliphatic rings. The Hall–Kier alpha value is -2.30. The number of alkyl halides is 2. The van der Waals surface area contributed by atoms with Gasteiger partial charge in [-0.05, 0) is 42.4 Å². The van der Waals surface area contributed by atoms with Gasteiger partial charge in [-0.2, -0.15) is 8.42 Å². The van der Waals surface area contributed by atoms with Crippen LogP contribution >= 0.6 is 0 Å². The molecule has 33 heavy (non-hydrogen) atoms. The van der Waals surface area contributed by atoms with Gasteiger partial charge in [0, 0.05) is 64.2 Å². The molecular formula is C23H27F3N4O2S. The number of halogens is 3. The van der Waals surface area contributed by atoms with Gasteiger partial charge in [0.15, 0.2) is 0 Å². The molecule has 5 rings (SSSR count). The Morgan fingerprint density at radius 3 is 2.36 bits per heavy atom. The SMILES string of the molecule is CN1CCN(Cc2ccc(F)c(-c3ccc4c(c3)N(C)S(=O)(=O)N4CC3CC3(F)F)c2)CC1. The third-order valence-corrected chi connectivity index (χ3v) is 8.69. The maximum atomic E-state index is 14.8. The zero-order valence-corrected chi connectivity index (χ0v) is 19.5. The van der Waals surface area contributed by atoms with E-state index >= 15 is 0 Å². The van der Waals surface area contributed by atoms with E-state index in [0.29, 0.717) is 29.0 Å². The highest BCUT2D eigenvalue weighted by atomic mass is 32.2. The second kappa shape index (κ2) is 7.89. The van der Waals surface area contributed by atoms with Crippen LogP contribution < -0.4 is 8.61 Å². The molecule has 2 heterocycles. The van der Waals surface area contributed by atoms with Crippen molar-refractivity contribution in [1.29, 1.82) is 0 Å². The fourth-order valence-corrected chi connectivity index (χ4v) is 6.03. The van der Waals surface area contributed by atoms with Crippen LogP contribution in [-0.4, -0.2) is 71.0 Å². The first-order valence-electron chi connectivity index (χ1n) is 11.0. The fraction of sp³-hybridized carbons (Fsp3) is 0.478. The van der Waals surface area contributed by atoms with Crippen molar-refractivity contribution in [2.75, 3.05) is 55.4 Å².